The second-order valence-electron chi connectivity index (χ2n) is 12.1. The minimum Gasteiger partial charge on any atom is -0.444 e. The number of carbonyl (C=O) groups excluding carboxylic acids is 4. The number of nitrogens with zero attached hydrogens (tertiary/aromatic N) is 2. The van der Waals surface area contributed by atoms with E-state index in [0.29, 0.717) is 45.6 Å². The van der Waals surface area contributed by atoms with Crippen LogP contribution in [0.15, 0.2) is 29.6 Å². The number of nitrogens with one attached hydrogen (secondary N) is 4. The van der Waals surface area contributed by atoms with Gasteiger partial charge in [0.2, 0.25) is 11.8 Å². The number of ether oxygens (including phenoxy) is 3. The van der Waals surface area contributed by atoms with Gasteiger partial charge in [0.1, 0.15) is 11.6 Å². The summed E-state index contributed by atoms with van der Waals surface area (Å²) in [5.41, 5.74) is 2.94. The molecule has 0 saturated carbocycles. The van der Waals surface area contributed by atoms with Crippen molar-refractivity contribution >= 4 is 45.4 Å². The van der Waals surface area contributed by atoms with Gasteiger partial charge in [0.05, 0.1) is 12.6 Å². The first-order valence-corrected chi connectivity index (χ1v) is 17.2. The zero-order valence-corrected chi connectivity index (χ0v) is 30.0. The summed E-state index contributed by atoms with van der Waals surface area (Å²) in [6.45, 7) is 14.5. The van der Waals surface area contributed by atoms with Crippen molar-refractivity contribution in [1.82, 2.24) is 31.3 Å². The number of thiophene rings is 1. The zero-order chi connectivity index (χ0) is 35.0. The highest BCUT2D eigenvalue weighted by Crippen LogP contribution is 2.28. The van der Waals surface area contributed by atoms with Crippen molar-refractivity contribution in [3.63, 3.8) is 0 Å². The molecule has 4 N–H and O–H groups in total. The fraction of sp³-hybridized carbons (Fsp3) is 0.636. The quantitative estimate of drug-likeness (QED) is 0.0973. The Morgan fingerprint density at radius 1 is 0.979 bits per heavy atom. The predicted molar refractivity (Wildman–Crippen MR) is 184 cm³/mol. The highest BCUT2D eigenvalue weighted by molar-refractivity contribution is 7.17. The monoisotopic (exact) mass is 678 g/mol. The number of urea groups is 1. The molecule has 0 unspecified atom stereocenters. The average Bonchev–Trinajstić information content (AvgIpc) is 3.40. The number of amides is 5. The number of hydrogen-bond donors (Lipinski definition) is 4. The summed E-state index contributed by atoms with van der Waals surface area (Å²) in [5.74, 6) is -0.723. The third kappa shape index (κ3) is 14.1. The number of benzene rings is 1. The molecule has 2 aromatic rings. The van der Waals surface area contributed by atoms with Crippen molar-refractivity contribution in [3.05, 3.63) is 35.2 Å². The first kappa shape index (κ1) is 39.7. The number of hydrazine groups is 1. The van der Waals surface area contributed by atoms with Crippen LogP contribution in [0.4, 0.5) is 9.59 Å². The fourth-order valence-electron chi connectivity index (χ4n) is 4.87. The Hall–Kier alpha value is -3.46. The SMILES string of the molecule is CCNC(=O)NN(C)CC(=O)N[C@@H](CCCCNC(=O)OC(C)(C)C)C(=O)N(Cc1csc2ccccc12)[C@@H](C)C(OCC)OCC. The first-order chi connectivity index (χ1) is 22.3. The molecule has 0 aliphatic heterocycles. The van der Waals surface area contributed by atoms with Gasteiger partial charge in [0, 0.05) is 44.6 Å². The van der Waals surface area contributed by atoms with Gasteiger partial charge in [-0.1, -0.05) is 18.2 Å². The molecule has 0 radical (unpaired) electrons. The van der Waals surface area contributed by atoms with Crippen molar-refractivity contribution in [1.29, 1.82) is 0 Å². The number of rotatable bonds is 19. The summed E-state index contributed by atoms with van der Waals surface area (Å²) < 4.78 is 18.2. The minimum absolute atomic E-state index is 0.174. The largest absolute Gasteiger partial charge is 0.444 e. The lowest BCUT2D eigenvalue weighted by atomic mass is 10.0. The van der Waals surface area contributed by atoms with E-state index in [-0.39, 0.29) is 19.0 Å². The van der Waals surface area contributed by atoms with Crippen molar-refractivity contribution in [2.24, 2.45) is 0 Å². The van der Waals surface area contributed by atoms with Gasteiger partial charge >= 0.3 is 12.1 Å². The highest BCUT2D eigenvalue weighted by atomic mass is 32.1. The van der Waals surface area contributed by atoms with Gasteiger partial charge in [0.25, 0.3) is 0 Å². The summed E-state index contributed by atoms with van der Waals surface area (Å²) in [4.78, 5) is 53.5. The molecule has 2 atom stereocenters. The van der Waals surface area contributed by atoms with Crippen LogP contribution in [-0.2, 0) is 30.3 Å². The summed E-state index contributed by atoms with van der Waals surface area (Å²) in [7, 11) is 1.57. The van der Waals surface area contributed by atoms with Gasteiger partial charge in [-0.25, -0.2) is 14.6 Å². The van der Waals surface area contributed by atoms with Gasteiger partial charge < -0.3 is 35.1 Å². The number of likely N-dealkylation sites (N-methyl/N-ethyl adjacent to an activating group) is 1. The van der Waals surface area contributed by atoms with E-state index in [0.717, 1.165) is 15.6 Å². The fourth-order valence-corrected chi connectivity index (χ4v) is 5.82. The molecule has 13 nitrogen and oxygen atoms in total. The lowest BCUT2D eigenvalue weighted by Crippen LogP contribution is -2.56. The molecule has 1 heterocycles. The standard InChI is InChI=1S/C33H54N6O7S/c1-9-34-31(42)37-38(8)21-28(40)36-26(17-14-15-19-35-32(43)46-33(5,6)7)29(41)39(23(4)30(44-10-2)45-11-3)20-24-22-47-27-18-13-12-16-25(24)27/h12-13,16,18,22-23,26,30H,9-11,14-15,17,19-21H2,1-8H3,(H,35,43)(H,36,40)(H2,34,37,42)/t23-,26-/m0/s1. The first-order valence-electron chi connectivity index (χ1n) is 16.3. The molecule has 5 amide bonds. The summed E-state index contributed by atoms with van der Waals surface area (Å²) in [6.07, 6.45) is 0.213. The van der Waals surface area contributed by atoms with Crippen molar-refractivity contribution in [2.45, 2.75) is 98.2 Å². The maximum absolute atomic E-state index is 14.5. The van der Waals surface area contributed by atoms with E-state index in [1.165, 1.54) is 5.01 Å². The number of unbranched alkanes of at least 4 members (excludes halogenated alkanes) is 1. The minimum atomic E-state index is -0.891. The van der Waals surface area contributed by atoms with E-state index in [1.807, 2.05) is 50.4 Å². The van der Waals surface area contributed by atoms with Crippen molar-refractivity contribution < 1.29 is 33.4 Å². The van der Waals surface area contributed by atoms with E-state index in [4.69, 9.17) is 14.2 Å². The molecule has 0 saturated heterocycles. The highest BCUT2D eigenvalue weighted by Gasteiger charge is 2.34. The molecule has 0 aliphatic carbocycles. The second kappa shape index (κ2) is 20.0. The predicted octanol–water partition coefficient (Wildman–Crippen LogP) is 4.36. The molecule has 47 heavy (non-hydrogen) atoms. The third-order valence-corrected chi connectivity index (χ3v) is 7.98. The molecule has 0 bridgehead atoms. The molecule has 2 rings (SSSR count). The zero-order valence-electron chi connectivity index (χ0n) is 29.1. The van der Waals surface area contributed by atoms with Crippen LogP contribution in [0.3, 0.4) is 0 Å². The van der Waals surface area contributed by atoms with Crippen LogP contribution in [-0.4, -0.2) is 97.7 Å². The van der Waals surface area contributed by atoms with E-state index in [9.17, 15) is 19.2 Å². The maximum Gasteiger partial charge on any atom is 0.407 e. The number of fused-ring (bicyclic) bond motifs is 1. The summed E-state index contributed by atoms with van der Waals surface area (Å²) in [5, 5.41) is 12.7. The van der Waals surface area contributed by atoms with Crippen molar-refractivity contribution in [3.8, 4) is 0 Å². The molecular formula is C33H54N6O7S. The molecule has 1 aromatic heterocycles. The van der Waals surface area contributed by atoms with Crippen LogP contribution in [0.1, 0.15) is 73.3 Å². The average molecular weight is 679 g/mol. The Kier molecular flexibility index (Phi) is 16.9. The molecule has 0 spiro atoms. The molecular weight excluding hydrogens is 624 g/mol. The van der Waals surface area contributed by atoms with Crippen LogP contribution in [0.5, 0.6) is 0 Å². The maximum atomic E-state index is 14.5. The Bertz CT molecular complexity index is 1280. The summed E-state index contributed by atoms with van der Waals surface area (Å²) in [6, 6.07) is 6.21. The second-order valence-corrected chi connectivity index (χ2v) is 13.0. The number of alkyl carbamates (subject to hydrolysis) is 1. The Morgan fingerprint density at radius 2 is 1.66 bits per heavy atom. The van der Waals surface area contributed by atoms with E-state index in [2.05, 4.69) is 21.4 Å². The number of hydrogen-bond acceptors (Lipinski definition) is 9. The molecule has 0 aliphatic rings. The van der Waals surface area contributed by atoms with E-state index >= 15 is 0 Å². The smallest absolute Gasteiger partial charge is 0.407 e. The topological polar surface area (TPSA) is 151 Å². The molecule has 1 aromatic carbocycles. The van der Waals surface area contributed by atoms with Gasteiger partial charge in [0.15, 0.2) is 6.29 Å². The lowest BCUT2D eigenvalue weighted by molar-refractivity contribution is -0.179. The van der Waals surface area contributed by atoms with Crippen LogP contribution >= 0.6 is 11.3 Å². The van der Waals surface area contributed by atoms with Crippen LogP contribution in [0, 0.1) is 0 Å². The molecule has 0 fully saturated rings. The molecule has 14 heteroatoms. The number of carbonyl (C=O) groups is 4. The Labute approximate surface area is 283 Å². The van der Waals surface area contributed by atoms with Gasteiger partial charge in [-0.15, -0.1) is 11.3 Å². The van der Waals surface area contributed by atoms with E-state index in [1.54, 1.807) is 51.0 Å². The normalized spacial score (nSPS) is 12.9. The van der Waals surface area contributed by atoms with Crippen LogP contribution in [0.2, 0.25) is 0 Å². The Morgan fingerprint density at radius 3 is 2.30 bits per heavy atom. The molecule has 264 valence electrons. The summed E-state index contributed by atoms with van der Waals surface area (Å²) >= 11 is 1.61. The van der Waals surface area contributed by atoms with Gasteiger partial charge in [-0.2, -0.15) is 0 Å². The lowest BCUT2D eigenvalue weighted by Gasteiger charge is -2.36. The van der Waals surface area contributed by atoms with Crippen molar-refractivity contribution in [2.75, 3.05) is 39.9 Å². The van der Waals surface area contributed by atoms with Crippen LogP contribution < -0.4 is 21.4 Å². The van der Waals surface area contributed by atoms with Gasteiger partial charge in [-0.3, -0.25) is 15.0 Å². The van der Waals surface area contributed by atoms with E-state index < -0.39 is 42.0 Å². The third-order valence-electron chi connectivity index (χ3n) is 6.96. The van der Waals surface area contributed by atoms with Crippen LogP contribution in [0.25, 0.3) is 10.1 Å². The Balaban J connectivity index is 2.31. The van der Waals surface area contributed by atoms with Gasteiger partial charge in [-0.05, 0) is 90.1 Å².